The fraction of sp³-hybridized carbons (Fsp3) is 0.955. The zero-order chi connectivity index (χ0) is 17.2. The Bertz CT molecular complexity index is 336. The van der Waals surface area contributed by atoms with E-state index >= 15 is 0 Å². The average Bonchev–Trinajstić information content (AvgIpc) is 2.60. The average molecular weight is 337 g/mol. The fourth-order valence-electron chi connectivity index (χ4n) is 5.28. The van der Waals surface area contributed by atoms with Crippen molar-refractivity contribution in [2.24, 2.45) is 23.7 Å². The molecule has 2 aliphatic rings. The van der Waals surface area contributed by atoms with Crippen LogP contribution in [0.5, 0.6) is 0 Å². The maximum absolute atomic E-state index is 10.5. The van der Waals surface area contributed by atoms with E-state index in [1.807, 2.05) is 0 Å². The van der Waals surface area contributed by atoms with Crippen LogP contribution in [-0.2, 0) is 4.79 Å². The first-order valence-corrected chi connectivity index (χ1v) is 10.9. The summed E-state index contributed by atoms with van der Waals surface area (Å²) in [5.74, 6) is 3.41. The van der Waals surface area contributed by atoms with Gasteiger partial charge in [-0.1, -0.05) is 71.1 Å². The van der Waals surface area contributed by atoms with E-state index in [0.717, 1.165) is 36.5 Å². The Balaban J connectivity index is 1.54. The molecule has 2 aliphatic carbocycles. The van der Waals surface area contributed by atoms with Crippen molar-refractivity contribution in [3.8, 4) is 0 Å². The molecule has 0 aromatic heterocycles. The van der Waals surface area contributed by atoms with E-state index in [1.165, 1.54) is 83.5 Å². The quantitative estimate of drug-likeness (QED) is 0.444. The first kappa shape index (κ1) is 19.8. The predicted octanol–water partition coefficient (Wildman–Crippen LogP) is 6.82. The summed E-state index contributed by atoms with van der Waals surface area (Å²) in [6.45, 7) is 2.32. The second-order valence-electron chi connectivity index (χ2n) is 8.70. The minimum absolute atomic E-state index is 0.355. The third-order valence-corrected chi connectivity index (χ3v) is 6.92. The van der Waals surface area contributed by atoms with E-state index in [9.17, 15) is 4.79 Å². The minimum Gasteiger partial charge on any atom is -0.481 e. The molecule has 2 heteroatoms. The molecule has 0 heterocycles. The maximum atomic E-state index is 10.5. The molecule has 2 nitrogen and oxygen atoms in total. The highest BCUT2D eigenvalue weighted by atomic mass is 16.4. The molecule has 140 valence electrons. The molecular formula is C22H40O2. The van der Waals surface area contributed by atoms with Crippen molar-refractivity contribution in [2.45, 2.75) is 110 Å². The van der Waals surface area contributed by atoms with E-state index in [1.54, 1.807) is 0 Å². The van der Waals surface area contributed by atoms with Crippen molar-refractivity contribution in [3.63, 3.8) is 0 Å². The van der Waals surface area contributed by atoms with Gasteiger partial charge in [-0.2, -0.15) is 0 Å². The number of aliphatic carboxylic acids is 1. The van der Waals surface area contributed by atoms with Crippen molar-refractivity contribution in [2.75, 3.05) is 0 Å². The van der Waals surface area contributed by atoms with E-state index in [0.29, 0.717) is 6.42 Å². The number of hydrogen-bond acceptors (Lipinski definition) is 1. The highest BCUT2D eigenvalue weighted by molar-refractivity contribution is 5.66. The maximum Gasteiger partial charge on any atom is 0.303 e. The molecule has 0 radical (unpaired) electrons. The lowest BCUT2D eigenvalue weighted by Gasteiger charge is -2.38. The molecule has 0 bridgehead atoms. The lowest BCUT2D eigenvalue weighted by atomic mass is 9.68. The van der Waals surface area contributed by atoms with Crippen molar-refractivity contribution in [1.82, 2.24) is 0 Å². The molecule has 0 aromatic rings. The number of hydrogen-bond donors (Lipinski definition) is 1. The summed E-state index contributed by atoms with van der Waals surface area (Å²) in [7, 11) is 0. The van der Waals surface area contributed by atoms with Gasteiger partial charge in [0.05, 0.1) is 0 Å². The van der Waals surface area contributed by atoms with Crippen molar-refractivity contribution < 1.29 is 9.90 Å². The SMILES string of the molecule is CCCC[C@H]1CC[C@H](C2CCC(CCCCCC(=O)O)CC2)CC1. The molecule has 0 amide bonds. The van der Waals surface area contributed by atoms with E-state index < -0.39 is 5.97 Å². The standard InChI is InChI=1S/C22H40O2/c1-2-3-7-18-10-14-20(15-11-18)21-16-12-19(13-17-21)8-5-4-6-9-22(23)24/h18-21H,2-17H2,1H3,(H,23,24)/t18-,19?,20-,21?. The van der Waals surface area contributed by atoms with Crippen LogP contribution in [0.4, 0.5) is 0 Å². The van der Waals surface area contributed by atoms with Crippen LogP contribution in [0.3, 0.4) is 0 Å². The van der Waals surface area contributed by atoms with Gasteiger partial charge < -0.3 is 5.11 Å². The van der Waals surface area contributed by atoms with Crippen molar-refractivity contribution in [3.05, 3.63) is 0 Å². The molecule has 1 N–H and O–H groups in total. The first-order valence-electron chi connectivity index (χ1n) is 10.9. The third-order valence-electron chi connectivity index (χ3n) is 6.92. The van der Waals surface area contributed by atoms with Crippen LogP contribution < -0.4 is 0 Å². The molecule has 0 aromatic carbocycles. The van der Waals surface area contributed by atoms with Crippen LogP contribution in [0.15, 0.2) is 0 Å². The zero-order valence-electron chi connectivity index (χ0n) is 16.0. The molecule has 0 aliphatic heterocycles. The molecular weight excluding hydrogens is 296 g/mol. The normalized spacial score (nSPS) is 31.0. The van der Waals surface area contributed by atoms with Gasteiger partial charge in [-0.15, -0.1) is 0 Å². The van der Waals surface area contributed by atoms with Crippen LogP contribution in [0.2, 0.25) is 0 Å². The number of rotatable bonds is 10. The van der Waals surface area contributed by atoms with Gasteiger partial charge in [-0.25, -0.2) is 0 Å². The number of carbonyl (C=O) groups is 1. The van der Waals surface area contributed by atoms with Crippen LogP contribution in [-0.4, -0.2) is 11.1 Å². The van der Waals surface area contributed by atoms with Crippen LogP contribution in [0.25, 0.3) is 0 Å². The molecule has 2 rings (SSSR count). The van der Waals surface area contributed by atoms with Crippen LogP contribution >= 0.6 is 0 Å². The Morgan fingerprint density at radius 3 is 1.71 bits per heavy atom. The molecule has 0 unspecified atom stereocenters. The topological polar surface area (TPSA) is 37.3 Å². The second kappa shape index (κ2) is 11.2. The molecule has 2 saturated carbocycles. The lowest BCUT2D eigenvalue weighted by Crippen LogP contribution is -2.25. The van der Waals surface area contributed by atoms with Gasteiger partial charge in [0.15, 0.2) is 0 Å². The summed E-state index contributed by atoms with van der Waals surface area (Å²) in [5, 5.41) is 8.67. The fourth-order valence-corrected chi connectivity index (χ4v) is 5.28. The van der Waals surface area contributed by atoms with Gasteiger partial charge in [0, 0.05) is 6.42 Å². The molecule has 0 saturated heterocycles. The molecule has 2 fully saturated rings. The summed E-state index contributed by atoms with van der Waals surface area (Å²) >= 11 is 0. The van der Waals surface area contributed by atoms with Gasteiger partial charge in [0.25, 0.3) is 0 Å². The Hall–Kier alpha value is -0.530. The summed E-state index contributed by atoms with van der Waals surface area (Å²) in [5.41, 5.74) is 0. The van der Waals surface area contributed by atoms with Crippen molar-refractivity contribution >= 4 is 5.97 Å². The second-order valence-corrected chi connectivity index (χ2v) is 8.70. The Morgan fingerprint density at radius 1 is 0.750 bits per heavy atom. The Kier molecular flexibility index (Phi) is 9.20. The van der Waals surface area contributed by atoms with Gasteiger partial charge in [-0.05, 0) is 55.8 Å². The third kappa shape index (κ3) is 7.15. The zero-order valence-corrected chi connectivity index (χ0v) is 16.0. The van der Waals surface area contributed by atoms with Crippen LogP contribution in [0.1, 0.15) is 110 Å². The minimum atomic E-state index is -0.639. The Morgan fingerprint density at radius 2 is 1.25 bits per heavy atom. The molecule has 0 spiro atoms. The highest BCUT2D eigenvalue weighted by Crippen LogP contribution is 2.43. The van der Waals surface area contributed by atoms with Gasteiger partial charge in [0.1, 0.15) is 0 Å². The molecule has 0 atom stereocenters. The predicted molar refractivity (Wildman–Crippen MR) is 101 cm³/mol. The first-order chi connectivity index (χ1) is 11.7. The molecule has 24 heavy (non-hydrogen) atoms. The van der Waals surface area contributed by atoms with Gasteiger partial charge in [0.2, 0.25) is 0 Å². The lowest BCUT2D eigenvalue weighted by molar-refractivity contribution is -0.137. The van der Waals surface area contributed by atoms with Crippen molar-refractivity contribution in [1.29, 1.82) is 0 Å². The Labute approximate surface area is 149 Å². The largest absolute Gasteiger partial charge is 0.481 e. The van der Waals surface area contributed by atoms with E-state index in [2.05, 4.69) is 6.92 Å². The van der Waals surface area contributed by atoms with Crippen LogP contribution in [0, 0.1) is 23.7 Å². The van der Waals surface area contributed by atoms with E-state index in [4.69, 9.17) is 5.11 Å². The van der Waals surface area contributed by atoms with Gasteiger partial charge in [-0.3, -0.25) is 4.79 Å². The summed E-state index contributed by atoms with van der Waals surface area (Å²) in [4.78, 5) is 10.5. The number of carboxylic acid groups (broad SMARTS) is 1. The van der Waals surface area contributed by atoms with E-state index in [-0.39, 0.29) is 0 Å². The summed E-state index contributed by atoms with van der Waals surface area (Å²) in [6, 6.07) is 0. The van der Waals surface area contributed by atoms with Gasteiger partial charge >= 0.3 is 5.97 Å². The summed E-state index contributed by atoms with van der Waals surface area (Å²) in [6.07, 6.45) is 21.1. The monoisotopic (exact) mass is 336 g/mol. The smallest absolute Gasteiger partial charge is 0.303 e. The number of carboxylic acids is 1. The summed E-state index contributed by atoms with van der Waals surface area (Å²) < 4.78 is 0. The highest BCUT2D eigenvalue weighted by Gasteiger charge is 2.30. The number of unbranched alkanes of at least 4 members (excludes halogenated alkanes) is 3.